The molecule has 1 atom stereocenters. The standard InChI is InChI=1S/C15H20BrN3O/c16-11-4-5-13(14(17)9-11)15(20)19-8-7-18-6-2-1-3-12(18)10-19/h4-5,9,12H,1-3,6-8,10,17H2. The Kier molecular flexibility index (Phi) is 3.98. The quantitative estimate of drug-likeness (QED) is 0.800. The van der Waals surface area contributed by atoms with E-state index in [0.29, 0.717) is 17.3 Å². The average molecular weight is 338 g/mol. The predicted octanol–water partition coefficient (Wildman–Crippen LogP) is 2.34. The first kappa shape index (κ1) is 13.9. The fourth-order valence-electron chi connectivity index (χ4n) is 3.24. The number of amides is 1. The molecule has 2 saturated heterocycles. The number of hydrogen-bond donors (Lipinski definition) is 1. The number of piperazine rings is 1. The van der Waals surface area contributed by atoms with Crippen molar-refractivity contribution in [3.8, 4) is 0 Å². The van der Waals surface area contributed by atoms with Crippen LogP contribution in [-0.4, -0.2) is 47.9 Å². The summed E-state index contributed by atoms with van der Waals surface area (Å²) in [5, 5.41) is 0. The Morgan fingerprint density at radius 2 is 2.10 bits per heavy atom. The number of anilines is 1. The second-order valence-electron chi connectivity index (χ2n) is 5.67. The van der Waals surface area contributed by atoms with Crippen molar-refractivity contribution in [2.45, 2.75) is 25.3 Å². The molecule has 2 aliphatic heterocycles. The Morgan fingerprint density at radius 3 is 2.90 bits per heavy atom. The Morgan fingerprint density at radius 1 is 1.25 bits per heavy atom. The maximum absolute atomic E-state index is 12.6. The summed E-state index contributed by atoms with van der Waals surface area (Å²) in [5.74, 6) is 0.0697. The lowest BCUT2D eigenvalue weighted by molar-refractivity contribution is 0.0373. The van der Waals surface area contributed by atoms with Crippen LogP contribution in [0.1, 0.15) is 29.6 Å². The number of carbonyl (C=O) groups excluding carboxylic acids is 1. The van der Waals surface area contributed by atoms with Crippen LogP contribution < -0.4 is 5.73 Å². The van der Waals surface area contributed by atoms with Gasteiger partial charge in [-0.3, -0.25) is 9.69 Å². The van der Waals surface area contributed by atoms with Crippen LogP contribution in [0.5, 0.6) is 0 Å². The van der Waals surface area contributed by atoms with Gasteiger partial charge in [0.15, 0.2) is 0 Å². The molecule has 2 fully saturated rings. The van der Waals surface area contributed by atoms with Gasteiger partial charge in [0, 0.05) is 35.8 Å². The number of nitrogens with zero attached hydrogens (tertiary/aromatic N) is 2. The summed E-state index contributed by atoms with van der Waals surface area (Å²) in [5.41, 5.74) is 7.15. The molecule has 0 radical (unpaired) electrons. The molecule has 0 bridgehead atoms. The third-order valence-electron chi connectivity index (χ3n) is 4.37. The Bertz CT molecular complexity index is 520. The number of carbonyl (C=O) groups is 1. The highest BCUT2D eigenvalue weighted by molar-refractivity contribution is 9.10. The average Bonchev–Trinajstić information content (AvgIpc) is 2.46. The molecular weight excluding hydrogens is 318 g/mol. The first-order valence-corrected chi connectivity index (χ1v) is 8.03. The minimum absolute atomic E-state index is 0.0697. The normalized spacial score (nSPS) is 23.4. The number of nitrogens with two attached hydrogens (primary N) is 1. The van der Waals surface area contributed by atoms with Gasteiger partial charge < -0.3 is 10.6 Å². The van der Waals surface area contributed by atoms with E-state index in [1.807, 2.05) is 17.0 Å². The van der Waals surface area contributed by atoms with Gasteiger partial charge in [-0.05, 0) is 37.6 Å². The first-order chi connectivity index (χ1) is 9.65. The molecule has 20 heavy (non-hydrogen) atoms. The van der Waals surface area contributed by atoms with E-state index < -0.39 is 0 Å². The third kappa shape index (κ3) is 2.69. The Labute approximate surface area is 128 Å². The lowest BCUT2D eigenvalue weighted by Gasteiger charge is -2.44. The summed E-state index contributed by atoms with van der Waals surface area (Å²) in [4.78, 5) is 17.1. The molecular formula is C15H20BrN3O. The monoisotopic (exact) mass is 337 g/mol. The van der Waals surface area contributed by atoms with E-state index in [4.69, 9.17) is 5.73 Å². The minimum Gasteiger partial charge on any atom is -0.398 e. The van der Waals surface area contributed by atoms with Crippen molar-refractivity contribution in [2.75, 3.05) is 31.9 Å². The largest absolute Gasteiger partial charge is 0.398 e. The summed E-state index contributed by atoms with van der Waals surface area (Å²) in [6.45, 7) is 3.83. The van der Waals surface area contributed by atoms with E-state index in [0.717, 1.165) is 24.1 Å². The molecule has 3 rings (SSSR count). The fourth-order valence-corrected chi connectivity index (χ4v) is 3.62. The van der Waals surface area contributed by atoms with E-state index in [2.05, 4.69) is 20.8 Å². The van der Waals surface area contributed by atoms with Crippen LogP contribution in [0, 0.1) is 0 Å². The SMILES string of the molecule is Nc1cc(Br)ccc1C(=O)N1CCN2CCCCC2C1. The van der Waals surface area contributed by atoms with Gasteiger partial charge in [-0.15, -0.1) is 0 Å². The van der Waals surface area contributed by atoms with Crippen LogP contribution in [0.15, 0.2) is 22.7 Å². The van der Waals surface area contributed by atoms with Crippen molar-refractivity contribution in [1.82, 2.24) is 9.80 Å². The highest BCUT2D eigenvalue weighted by Gasteiger charge is 2.31. The molecule has 1 aromatic carbocycles. The van der Waals surface area contributed by atoms with Gasteiger partial charge >= 0.3 is 0 Å². The number of benzene rings is 1. The Balaban J connectivity index is 1.74. The highest BCUT2D eigenvalue weighted by Crippen LogP contribution is 2.24. The van der Waals surface area contributed by atoms with Gasteiger partial charge in [0.05, 0.1) is 5.56 Å². The van der Waals surface area contributed by atoms with Gasteiger partial charge in [-0.1, -0.05) is 22.4 Å². The number of rotatable bonds is 1. The van der Waals surface area contributed by atoms with Crippen LogP contribution in [-0.2, 0) is 0 Å². The smallest absolute Gasteiger partial charge is 0.256 e. The first-order valence-electron chi connectivity index (χ1n) is 7.23. The van der Waals surface area contributed by atoms with Crippen molar-refractivity contribution >= 4 is 27.5 Å². The number of piperidine rings is 1. The van der Waals surface area contributed by atoms with E-state index >= 15 is 0 Å². The molecule has 5 heteroatoms. The zero-order valence-corrected chi connectivity index (χ0v) is 13.1. The fraction of sp³-hybridized carbons (Fsp3) is 0.533. The zero-order chi connectivity index (χ0) is 14.1. The van der Waals surface area contributed by atoms with Crippen molar-refractivity contribution in [3.63, 3.8) is 0 Å². The molecule has 2 N–H and O–H groups in total. The zero-order valence-electron chi connectivity index (χ0n) is 11.5. The number of hydrogen-bond acceptors (Lipinski definition) is 3. The highest BCUT2D eigenvalue weighted by atomic mass is 79.9. The molecule has 4 nitrogen and oxygen atoms in total. The summed E-state index contributed by atoms with van der Waals surface area (Å²) in [7, 11) is 0. The van der Waals surface area contributed by atoms with Gasteiger partial charge in [0.25, 0.3) is 5.91 Å². The molecule has 108 valence electrons. The molecule has 0 aromatic heterocycles. The molecule has 0 saturated carbocycles. The summed E-state index contributed by atoms with van der Waals surface area (Å²) >= 11 is 3.38. The summed E-state index contributed by atoms with van der Waals surface area (Å²) < 4.78 is 0.906. The second-order valence-corrected chi connectivity index (χ2v) is 6.58. The summed E-state index contributed by atoms with van der Waals surface area (Å²) in [6.07, 6.45) is 3.79. The Hall–Kier alpha value is -1.07. The van der Waals surface area contributed by atoms with Gasteiger partial charge in [-0.25, -0.2) is 0 Å². The number of nitrogen functional groups attached to an aromatic ring is 1. The van der Waals surface area contributed by atoms with Crippen molar-refractivity contribution in [1.29, 1.82) is 0 Å². The molecule has 2 aliphatic rings. The van der Waals surface area contributed by atoms with E-state index in [1.54, 1.807) is 6.07 Å². The maximum atomic E-state index is 12.6. The predicted molar refractivity (Wildman–Crippen MR) is 83.7 cm³/mol. The van der Waals surface area contributed by atoms with E-state index in [9.17, 15) is 4.79 Å². The van der Waals surface area contributed by atoms with E-state index in [1.165, 1.54) is 25.8 Å². The van der Waals surface area contributed by atoms with Crippen LogP contribution in [0.2, 0.25) is 0 Å². The number of halogens is 1. The molecule has 1 aromatic rings. The van der Waals surface area contributed by atoms with Crippen LogP contribution in [0.3, 0.4) is 0 Å². The van der Waals surface area contributed by atoms with Crippen LogP contribution in [0.4, 0.5) is 5.69 Å². The van der Waals surface area contributed by atoms with Gasteiger partial charge in [-0.2, -0.15) is 0 Å². The van der Waals surface area contributed by atoms with E-state index in [-0.39, 0.29) is 5.91 Å². The topological polar surface area (TPSA) is 49.6 Å². The molecule has 1 unspecified atom stereocenters. The molecule has 0 aliphatic carbocycles. The van der Waals surface area contributed by atoms with Gasteiger partial charge in [0.2, 0.25) is 0 Å². The maximum Gasteiger partial charge on any atom is 0.256 e. The lowest BCUT2D eigenvalue weighted by atomic mass is 9.99. The number of fused-ring (bicyclic) bond motifs is 1. The minimum atomic E-state index is 0.0697. The van der Waals surface area contributed by atoms with Crippen molar-refractivity contribution < 1.29 is 4.79 Å². The van der Waals surface area contributed by atoms with Crippen LogP contribution in [0.25, 0.3) is 0 Å². The molecule has 2 heterocycles. The third-order valence-corrected chi connectivity index (χ3v) is 4.86. The van der Waals surface area contributed by atoms with Crippen molar-refractivity contribution in [3.05, 3.63) is 28.2 Å². The second kappa shape index (κ2) is 5.74. The molecule has 0 spiro atoms. The van der Waals surface area contributed by atoms with Crippen molar-refractivity contribution in [2.24, 2.45) is 0 Å². The molecule has 1 amide bonds. The van der Waals surface area contributed by atoms with Crippen LogP contribution >= 0.6 is 15.9 Å². The van der Waals surface area contributed by atoms with Gasteiger partial charge in [0.1, 0.15) is 0 Å². The summed E-state index contributed by atoms with van der Waals surface area (Å²) in [6, 6.07) is 6.03. The lowest BCUT2D eigenvalue weighted by Crippen LogP contribution is -2.56.